The molecular weight excluding hydrogens is 235 g/mol. The molecule has 0 bridgehead atoms. The first-order valence-corrected chi connectivity index (χ1v) is 5.13. The van der Waals surface area contributed by atoms with E-state index in [9.17, 15) is 4.79 Å². The number of carbonyl (C=O) groups excluding carboxylic acids is 1. The van der Waals surface area contributed by atoms with Crippen LogP contribution in [0.1, 0.15) is 0 Å². The SMILES string of the molecule is NC(=O)C1=C(Cl)[C@@H]2C=C(Cl)C=C[C@H]2N=C1. The molecule has 0 aromatic carbocycles. The number of allylic oxidation sites excluding steroid dienone is 2. The van der Waals surface area contributed by atoms with E-state index in [1.54, 1.807) is 12.2 Å². The van der Waals surface area contributed by atoms with Crippen LogP contribution < -0.4 is 5.73 Å². The Kier molecular flexibility index (Phi) is 2.67. The number of primary amides is 1. The molecule has 5 heteroatoms. The van der Waals surface area contributed by atoms with Crippen molar-refractivity contribution in [2.24, 2.45) is 16.6 Å². The highest BCUT2D eigenvalue weighted by molar-refractivity contribution is 6.36. The zero-order valence-electron chi connectivity index (χ0n) is 7.65. The lowest BCUT2D eigenvalue weighted by molar-refractivity contribution is -0.114. The highest BCUT2D eigenvalue weighted by Crippen LogP contribution is 2.34. The van der Waals surface area contributed by atoms with E-state index in [0.29, 0.717) is 10.1 Å². The fourth-order valence-electron chi connectivity index (χ4n) is 1.58. The summed E-state index contributed by atoms with van der Waals surface area (Å²) in [6.07, 6.45) is 6.81. The number of dihydropyridines is 1. The van der Waals surface area contributed by atoms with Crippen molar-refractivity contribution in [3.63, 3.8) is 0 Å². The molecule has 1 heterocycles. The molecule has 1 aliphatic carbocycles. The van der Waals surface area contributed by atoms with Crippen LogP contribution >= 0.6 is 23.2 Å². The van der Waals surface area contributed by atoms with Crippen LogP contribution in [-0.4, -0.2) is 18.2 Å². The number of aliphatic imine (C=N–C) groups is 1. The Morgan fingerprint density at radius 1 is 1.47 bits per heavy atom. The normalized spacial score (nSPS) is 28.8. The number of fused-ring (bicyclic) bond motifs is 1. The summed E-state index contributed by atoms with van der Waals surface area (Å²) in [6, 6.07) is -0.0805. The van der Waals surface area contributed by atoms with Gasteiger partial charge in [0, 0.05) is 22.2 Å². The number of amides is 1. The standard InChI is InChI=1S/C10H8Cl2N2O/c11-5-1-2-8-6(3-5)9(12)7(4-14-8)10(13)15/h1-4,6,8H,(H2,13,15)/t6-,8-/m1/s1. The molecule has 0 saturated carbocycles. The largest absolute Gasteiger partial charge is 0.366 e. The van der Waals surface area contributed by atoms with Gasteiger partial charge in [0.05, 0.1) is 11.6 Å². The van der Waals surface area contributed by atoms with Crippen molar-refractivity contribution in [2.75, 3.05) is 0 Å². The molecule has 2 atom stereocenters. The number of carbonyl (C=O) groups is 1. The summed E-state index contributed by atoms with van der Waals surface area (Å²) >= 11 is 11.9. The Balaban J connectivity index is 2.42. The van der Waals surface area contributed by atoms with Crippen molar-refractivity contribution in [2.45, 2.75) is 6.04 Å². The topological polar surface area (TPSA) is 55.5 Å². The Hall–Kier alpha value is -1.06. The Labute approximate surface area is 96.9 Å². The van der Waals surface area contributed by atoms with Gasteiger partial charge in [-0.15, -0.1) is 0 Å². The lowest BCUT2D eigenvalue weighted by Crippen LogP contribution is -2.27. The molecule has 2 N–H and O–H groups in total. The molecule has 1 aliphatic heterocycles. The van der Waals surface area contributed by atoms with Gasteiger partial charge in [-0.3, -0.25) is 9.79 Å². The van der Waals surface area contributed by atoms with Gasteiger partial charge in [0.15, 0.2) is 0 Å². The quantitative estimate of drug-likeness (QED) is 0.749. The molecule has 0 saturated heterocycles. The van der Waals surface area contributed by atoms with Gasteiger partial charge in [-0.1, -0.05) is 35.4 Å². The molecule has 0 fully saturated rings. The zero-order valence-corrected chi connectivity index (χ0v) is 9.16. The van der Waals surface area contributed by atoms with Crippen LogP contribution in [0.25, 0.3) is 0 Å². The van der Waals surface area contributed by atoms with E-state index in [2.05, 4.69) is 4.99 Å². The number of nitrogens with zero attached hydrogens (tertiary/aromatic N) is 1. The molecule has 15 heavy (non-hydrogen) atoms. The molecule has 0 aromatic rings. The first-order valence-electron chi connectivity index (χ1n) is 4.38. The first kappa shape index (κ1) is 10.5. The highest BCUT2D eigenvalue weighted by Gasteiger charge is 2.29. The predicted molar refractivity (Wildman–Crippen MR) is 60.9 cm³/mol. The fourth-order valence-corrected chi connectivity index (χ4v) is 2.13. The van der Waals surface area contributed by atoms with Crippen molar-refractivity contribution in [3.05, 3.63) is 33.9 Å². The summed E-state index contributed by atoms with van der Waals surface area (Å²) in [6.45, 7) is 0. The van der Waals surface area contributed by atoms with Gasteiger partial charge in [0.2, 0.25) is 0 Å². The third-order valence-corrected chi connectivity index (χ3v) is 3.06. The first-order chi connectivity index (χ1) is 7.09. The van der Waals surface area contributed by atoms with Gasteiger partial charge in [-0.2, -0.15) is 0 Å². The molecule has 1 amide bonds. The van der Waals surface area contributed by atoms with Crippen LogP contribution in [0.5, 0.6) is 0 Å². The summed E-state index contributed by atoms with van der Waals surface area (Å²) in [5.41, 5.74) is 5.43. The van der Waals surface area contributed by atoms with Crippen LogP contribution in [0.4, 0.5) is 0 Å². The van der Waals surface area contributed by atoms with Crippen LogP contribution in [0.2, 0.25) is 0 Å². The summed E-state index contributed by atoms with van der Waals surface area (Å²) in [4.78, 5) is 15.2. The number of rotatable bonds is 1. The van der Waals surface area contributed by atoms with Crippen LogP contribution in [0.3, 0.4) is 0 Å². The number of nitrogens with two attached hydrogens (primary N) is 1. The predicted octanol–water partition coefficient (Wildman–Crippen LogP) is 1.73. The lowest BCUT2D eigenvalue weighted by atomic mass is 9.90. The minimum absolute atomic E-state index is 0.0805. The molecule has 3 nitrogen and oxygen atoms in total. The monoisotopic (exact) mass is 242 g/mol. The highest BCUT2D eigenvalue weighted by atomic mass is 35.5. The third kappa shape index (κ3) is 1.85. The van der Waals surface area contributed by atoms with E-state index < -0.39 is 5.91 Å². The van der Waals surface area contributed by atoms with Gasteiger partial charge in [0.25, 0.3) is 5.91 Å². The summed E-state index contributed by atoms with van der Waals surface area (Å²) in [5, 5.41) is 1.00. The molecule has 0 spiro atoms. The van der Waals surface area contributed by atoms with Crippen molar-refractivity contribution >= 4 is 35.3 Å². The second-order valence-corrected chi connectivity index (χ2v) is 4.17. The van der Waals surface area contributed by atoms with Gasteiger partial charge in [-0.25, -0.2) is 0 Å². The average molecular weight is 243 g/mol. The van der Waals surface area contributed by atoms with E-state index in [1.165, 1.54) is 6.21 Å². The van der Waals surface area contributed by atoms with E-state index in [4.69, 9.17) is 28.9 Å². The average Bonchev–Trinajstić information content (AvgIpc) is 2.19. The van der Waals surface area contributed by atoms with Gasteiger partial charge in [-0.05, 0) is 6.08 Å². The number of hydrogen-bond donors (Lipinski definition) is 1. The molecule has 2 aliphatic rings. The molecule has 78 valence electrons. The Morgan fingerprint density at radius 2 is 2.20 bits per heavy atom. The fraction of sp³-hybridized carbons (Fsp3) is 0.200. The summed E-state index contributed by atoms with van der Waals surface area (Å²) < 4.78 is 0. The van der Waals surface area contributed by atoms with E-state index in [1.807, 2.05) is 6.08 Å². The van der Waals surface area contributed by atoms with E-state index >= 15 is 0 Å². The molecule has 0 aromatic heterocycles. The van der Waals surface area contributed by atoms with Crippen LogP contribution in [0.15, 0.2) is 38.9 Å². The Bertz CT molecular complexity index is 435. The van der Waals surface area contributed by atoms with Crippen LogP contribution in [-0.2, 0) is 4.79 Å². The lowest BCUT2D eigenvalue weighted by Gasteiger charge is -2.25. The second kappa shape index (κ2) is 3.83. The molecule has 0 unspecified atom stereocenters. The maximum Gasteiger partial charge on any atom is 0.251 e. The van der Waals surface area contributed by atoms with Crippen molar-refractivity contribution < 1.29 is 4.79 Å². The van der Waals surface area contributed by atoms with Gasteiger partial charge in [0.1, 0.15) is 0 Å². The zero-order chi connectivity index (χ0) is 11.0. The number of halogens is 2. The minimum Gasteiger partial charge on any atom is -0.366 e. The summed E-state index contributed by atoms with van der Waals surface area (Å²) in [7, 11) is 0. The maximum atomic E-state index is 11.0. The van der Waals surface area contributed by atoms with Gasteiger partial charge >= 0.3 is 0 Å². The van der Waals surface area contributed by atoms with E-state index in [-0.39, 0.29) is 17.5 Å². The molecule has 2 rings (SSSR count). The van der Waals surface area contributed by atoms with Crippen molar-refractivity contribution in [1.29, 1.82) is 0 Å². The Morgan fingerprint density at radius 3 is 2.87 bits per heavy atom. The summed E-state index contributed by atoms with van der Waals surface area (Å²) in [5.74, 6) is -0.738. The maximum absolute atomic E-state index is 11.0. The van der Waals surface area contributed by atoms with Crippen molar-refractivity contribution in [1.82, 2.24) is 0 Å². The second-order valence-electron chi connectivity index (χ2n) is 3.33. The van der Waals surface area contributed by atoms with E-state index in [0.717, 1.165) is 0 Å². The van der Waals surface area contributed by atoms with Crippen LogP contribution in [0, 0.1) is 5.92 Å². The van der Waals surface area contributed by atoms with Crippen molar-refractivity contribution in [3.8, 4) is 0 Å². The number of hydrogen-bond acceptors (Lipinski definition) is 2. The molecular formula is C10H8Cl2N2O. The third-order valence-electron chi connectivity index (χ3n) is 2.35. The smallest absolute Gasteiger partial charge is 0.251 e. The van der Waals surface area contributed by atoms with Gasteiger partial charge < -0.3 is 5.73 Å². The minimum atomic E-state index is -0.568. The molecule has 0 radical (unpaired) electrons.